The Bertz CT molecular complexity index is 859. The summed E-state index contributed by atoms with van der Waals surface area (Å²) in [5.74, 6) is -0.201. The minimum atomic E-state index is -0.155. The zero-order chi connectivity index (χ0) is 17.5. The molecule has 2 aromatic carbocycles. The molecule has 0 fully saturated rings. The van der Waals surface area contributed by atoms with Crippen molar-refractivity contribution < 1.29 is 9.59 Å². The molecule has 0 aliphatic rings. The van der Waals surface area contributed by atoms with Gasteiger partial charge in [-0.1, -0.05) is 36.4 Å². The van der Waals surface area contributed by atoms with Gasteiger partial charge in [-0.15, -0.1) is 11.3 Å². The minimum absolute atomic E-state index is 0.0460. The second kappa shape index (κ2) is 8.44. The van der Waals surface area contributed by atoms with Gasteiger partial charge in [-0.2, -0.15) is 0 Å². The van der Waals surface area contributed by atoms with Crippen LogP contribution in [0.4, 0.5) is 0 Å². The van der Waals surface area contributed by atoms with E-state index in [2.05, 4.69) is 16.7 Å². The second-order valence-electron chi connectivity index (χ2n) is 5.75. The van der Waals surface area contributed by atoms with Crippen molar-refractivity contribution in [1.29, 1.82) is 0 Å². The van der Waals surface area contributed by atoms with Gasteiger partial charge in [-0.3, -0.25) is 9.59 Å². The van der Waals surface area contributed by atoms with Crippen LogP contribution in [0.3, 0.4) is 0 Å². The number of thiophene rings is 1. The summed E-state index contributed by atoms with van der Waals surface area (Å²) in [5.41, 5.74) is 0.608. The minimum Gasteiger partial charge on any atom is -0.356 e. The molecule has 1 heterocycles. The Morgan fingerprint density at radius 3 is 2.52 bits per heavy atom. The largest absolute Gasteiger partial charge is 0.356 e. The molecule has 5 heteroatoms. The van der Waals surface area contributed by atoms with Gasteiger partial charge in [0.25, 0.3) is 5.91 Å². The van der Waals surface area contributed by atoms with Crippen LogP contribution in [-0.2, 0) is 11.2 Å². The molecule has 0 radical (unpaired) electrons. The summed E-state index contributed by atoms with van der Waals surface area (Å²) in [5, 5.41) is 9.83. The lowest BCUT2D eigenvalue weighted by molar-refractivity contribution is -0.120. The fourth-order valence-corrected chi connectivity index (χ4v) is 3.30. The number of hydrogen-bond acceptors (Lipinski definition) is 3. The van der Waals surface area contributed by atoms with Crippen molar-refractivity contribution in [3.63, 3.8) is 0 Å². The number of carbonyl (C=O) groups is 2. The number of hydrogen-bond donors (Lipinski definition) is 2. The predicted molar refractivity (Wildman–Crippen MR) is 102 cm³/mol. The van der Waals surface area contributed by atoms with E-state index in [-0.39, 0.29) is 18.2 Å². The third-order valence-corrected chi connectivity index (χ3v) is 4.86. The van der Waals surface area contributed by atoms with Crippen molar-refractivity contribution in [3.8, 4) is 0 Å². The fraction of sp³-hybridized carbons (Fsp3) is 0.200. The first kappa shape index (κ1) is 17.2. The maximum absolute atomic E-state index is 12.2. The third-order valence-electron chi connectivity index (χ3n) is 3.92. The fourth-order valence-electron chi connectivity index (χ4n) is 2.59. The molecule has 4 nitrogen and oxygen atoms in total. The zero-order valence-electron chi connectivity index (χ0n) is 13.8. The number of fused-ring (bicyclic) bond motifs is 1. The summed E-state index contributed by atoms with van der Waals surface area (Å²) in [6.45, 7) is 0.953. The number of rotatable bonds is 7. The molecule has 3 aromatic rings. The van der Waals surface area contributed by atoms with E-state index < -0.39 is 0 Å². The lowest BCUT2D eigenvalue weighted by Gasteiger charge is -2.07. The molecular weight excluding hydrogens is 332 g/mol. The van der Waals surface area contributed by atoms with E-state index in [4.69, 9.17) is 0 Å². The Labute approximate surface area is 150 Å². The first-order chi connectivity index (χ1) is 12.2. The van der Waals surface area contributed by atoms with Crippen LogP contribution in [0.2, 0.25) is 0 Å². The smallest absolute Gasteiger partial charge is 0.251 e. The molecule has 25 heavy (non-hydrogen) atoms. The van der Waals surface area contributed by atoms with Gasteiger partial charge in [0.05, 0.1) is 0 Å². The molecule has 0 saturated carbocycles. The average molecular weight is 352 g/mol. The standard InChI is InChI=1S/C20H20N2O2S/c23-19(21-11-9-18-6-3-13-25-18)10-12-22-20(24)17-8-7-15-4-1-2-5-16(15)14-17/h1-8,13-14H,9-12H2,(H,21,23)(H,22,24). The number of amides is 2. The number of nitrogens with one attached hydrogen (secondary N) is 2. The normalized spacial score (nSPS) is 10.6. The van der Waals surface area contributed by atoms with E-state index in [1.807, 2.05) is 47.8 Å². The molecule has 0 aliphatic heterocycles. The Kier molecular flexibility index (Phi) is 5.80. The first-order valence-corrected chi connectivity index (χ1v) is 9.16. The van der Waals surface area contributed by atoms with Crippen LogP contribution in [0.25, 0.3) is 10.8 Å². The lowest BCUT2D eigenvalue weighted by atomic mass is 10.1. The summed E-state index contributed by atoms with van der Waals surface area (Å²) < 4.78 is 0. The summed E-state index contributed by atoms with van der Waals surface area (Å²) in [6, 6.07) is 17.6. The van der Waals surface area contributed by atoms with Crippen molar-refractivity contribution >= 4 is 33.9 Å². The maximum atomic E-state index is 12.2. The van der Waals surface area contributed by atoms with Crippen molar-refractivity contribution in [1.82, 2.24) is 10.6 Å². The van der Waals surface area contributed by atoms with Gasteiger partial charge in [0, 0.05) is 30.0 Å². The number of carbonyl (C=O) groups excluding carboxylic acids is 2. The van der Waals surface area contributed by atoms with E-state index >= 15 is 0 Å². The van der Waals surface area contributed by atoms with Crippen molar-refractivity contribution in [2.75, 3.05) is 13.1 Å². The Hall–Kier alpha value is -2.66. The van der Waals surface area contributed by atoms with Gasteiger partial charge in [0.15, 0.2) is 0 Å². The highest BCUT2D eigenvalue weighted by atomic mass is 32.1. The summed E-state index contributed by atoms with van der Waals surface area (Å²) in [6.07, 6.45) is 1.12. The van der Waals surface area contributed by atoms with Gasteiger partial charge in [0.2, 0.25) is 5.91 Å². The van der Waals surface area contributed by atoms with Gasteiger partial charge in [-0.25, -0.2) is 0 Å². The van der Waals surface area contributed by atoms with E-state index in [1.54, 1.807) is 17.4 Å². The highest BCUT2D eigenvalue weighted by Gasteiger charge is 2.07. The molecule has 1 aromatic heterocycles. The van der Waals surface area contributed by atoms with Crippen LogP contribution in [0.1, 0.15) is 21.7 Å². The van der Waals surface area contributed by atoms with Crippen LogP contribution < -0.4 is 10.6 Å². The quantitative estimate of drug-likeness (QED) is 0.685. The summed E-state index contributed by atoms with van der Waals surface area (Å²) in [7, 11) is 0. The van der Waals surface area contributed by atoms with Crippen LogP contribution in [-0.4, -0.2) is 24.9 Å². The molecule has 2 N–H and O–H groups in total. The Morgan fingerprint density at radius 1 is 0.880 bits per heavy atom. The summed E-state index contributed by atoms with van der Waals surface area (Å²) >= 11 is 1.69. The van der Waals surface area contributed by atoms with E-state index in [9.17, 15) is 9.59 Å². The van der Waals surface area contributed by atoms with Crippen molar-refractivity contribution in [2.24, 2.45) is 0 Å². The molecule has 128 valence electrons. The summed E-state index contributed by atoms with van der Waals surface area (Å²) in [4.78, 5) is 25.3. The van der Waals surface area contributed by atoms with Gasteiger partial charge < -0.3 is 10.6 Å². The highest BCUT2D eigenvalue weighted by Crippen LogP contribution is 2.15. The van der Waals surface area contributed by atoms with Gasteiger partial charge in [0.1, 0.15) is 0 Å². The zero-order valence-corrected chi connectivity index (χ0v) is 14.6. The molecule has 0 unspecified atom stereocenters. The van der Waals surface area contributed by atoms with Crippen molar-refractivity contribution in [3.05, 3.63) is 70.4 Å². The molecule has 0 atom stereocenters. The predicted octanol–water partition coefficient (Wildman–Crippen LogP) is 3.38. The number of benzene rings is 2. The molecule has 0 bridgehead atoms. The van der Waals surface area contributed by atoms with Crippen LogP contribution in [0.15, 0.2) is 60.0 Å². The highest BCUT2D eigenvalue weighted by molar-refractivity contribution is 7.09. The Balaban J connectivity index is 1.41. The molecule has 0 saturated heterocycles. The van der Waals surface area contributed by atoms with E-state index in [1.165, 1.54) is 4.88 Å². The van der Waals surface area contributed by atoms with Crippen LogP contribution in [0.5, 0.6) is 0 Å². The van der Waals surface area contributed by atoms with E-state index in [0.717, 1.165) is 17.2 Å². The topological polar surface area (TPSA) is 58.2 Å². The third kappa shape index (κ3) is 4.90. The molecule has 0 aliphatic carbocycles. The average Bonchev–Trinajstić information content (AvgIpc) is 3.14. The molecular formula is C20H20N2O2S. The molecule has 3 rings (SSSR count). The van der Waals surface area contributed by atoms with Crippen LogP contribution in [0, 0.1) is 0 Å². The Morgan fingerprint density at radius 2 is 1.72 bits per heavy atom. The maximum Gasteiger partial charge on any atom is 0.251 e. The SMILES string of the molecule is O=C(CCNC(=O)c1ccc2ccccc2c1)NCCc1cccs1. The lowest BCUT2D eigenvalue weighted by Crippen LogP contribution is -2.31. The van der Waals surface area contributed by atoms with E-state index in [0.29, 0.717) is 18.7 Å². The van der Waals surface area contributed by atoms with Crippen LogP contribution >= 0.6 is 11.3 Å². The second-order valence-corrected chi connectivity index (χ2v) is 6.78. The van der Waals surface area contributed by atoms with Gasteiger partial charge >= 0.3 is 0 Å². The van der Waals surface area contributed by atoms with Gasteiger partial charge in [-0.05, 0) is 40.8 Å². The first-order valence-electron chi connectivity index (χ1n) is 8.28. The molecule has 0 spiro atoms. The van der Waals surface area contributed by atoms with Crippen molar-refractivity contribution in [2.45, 2.75) is 12.8 Å². The molecule has 2 amide bonds. The monoisotopic (exact) mass is 352 g/mol.